The molecule has 0 aliphatic carbocycles. The predicted molar refractivity (Wildman–Crippen MR) is 95.6 cm³/mol. The van der Waals surface area contributed by atoms with Crippen LogP contribution in [-0.2, 0) is 6.54 Å². The molecule has 0 bridgehead atoms. The van der Waals surface area contributed by atoms with Crippen LogP contribution in [0, 0.1) is 0 Å². The molecule has 1 aromatic heterocycles. The number of nitrogens with zero attached hydrogens (tertiary/aromatic N) is 2. The highest BCUT2D eigenvalue weighted by Gasteiger charge is 2.15. The summed E-state index contributed by atoms with van der Waals surface area (Å²) in [5.41, 5.74) is 2.25. The van der Waals surface area contributed by atoms with Crippen molar-refractivity contribution in [3.8, 4) is 11.3 Å². The zero-order valence-corrected chi connectivity index (χ0v) is 14.3. The third-order valence-electron chi connectivity index (χ3n) is 4.28. The lowest BCUT2D eigenvalue weighted by molar-refractivity contribution is 0.0821. The van der Waals surface area contributed by atoms with Crippen molar-refractivity contribution in [2.24, 2.45) is 0 Å². The van der Waals surface area contributed by atoms with Gasteiger partial charge in [0.2, 0.25) is 0 Å². The van der Waals surface area contributed by atoms with Crippen molar-refractivity contribution < 1.29 is 5.11 Å². The van der Waals surface area contributed by atoms with Gasteiger partial charge in [0.25, 0.3) is 0 Å². The van der Waals surface area contributed by atoms with Gasteiger partial charge in [0.15, 0.2) is 0 Å². The number of aliphatic hydroxyl groups excluding tert-OH is 1. The highest BCUT2D eigenvalue weighted by molar-refractivity contribution is 7.09. The molecule has 1 aliphatic rings. The van der Waals surface area contributed by atoms with E-state index in [0.29, 0.717) is 0 Å². The van der Waals surface area contributed by atoms with E-state index in [1.54, 1.807) is 11.3 Å². The molecule has 0 saturated carbocycles. The molecule has 0 radical (unpaired) electrons. The molecule has 1 saturated heterocycles. The Balaban J connectivity index is 1.34. The number of hydrogen-bond donors (Lipinski definition) is 2. The van der Waals surface area contributed by atoms with E-state index in [4.69, 9.17) is 4.98 Å². The second-order valence-corrected chi connectivity index (χ2v) is 7.04. The molecule has 2 heterocycles. The van der Waals surface area contributed by atoms with E-state index in [2.05, 4.69) is 27.7 Å². The van der Waals surface area contributed by atoms with Crippen LogP contribution in [0.25, 0.3) is 11.3 Å². The molecule has 2 aromatic rings. The number of rotatable bonds is 7. The molecule has 4 nitrogen and oxygen atoms in total. The van der Waals surface area contributed by atoms with E-state index >= 15 is 0 Å². The largest absolute Gasteiger partial charge is 0.393 e. The standard InChI is InChI=1S/C18H25N3OS/c22-16-7-11-21(12-8-16)10-4-9-19-13-18-20-17(14-23-18)15-5-2-1-3-6-15/h1-3,5-6,14,16,19,22H,4,7-13H2. The first-order valence-electron chi connectivity index (χ1n) is 8.42. The van der Waals surface area contributed by atoms with E-state index in [1.165, 1.54) is 5.56 Å². The van der Waals surface area contributed by atoms with Crippen molar-refractivity contribution >= 4 is 11.3 Å². The molecule has 0 unspecified atom stereocenters. The Bertz CT molecular complexity index is 579. The molecule has 124 valence electrons. The molecular weight excluding hydrogens is 306 g/mol. The van der Waals surface area contributed by atoms with Gasteiger partial charge in [-0.15, -0.1) is 11.3 Å². The van der Waals surface area contributed by atoms with Crippen LogP contribution in [0.5, 0.6) is 0 Å². The first-order valence-corrected chi connectivity index (χ1v) is 9.30. The van der Waals surface area contributed by atoms with Crippen LogP contribution in [0.15, 0.2) is 35.7 Å². The van der Waals surface area contributed by atoms with Gasteiger partial charge in [-0.1, -0.05) is 30.3 Å². The van der Waals surface area contributed by atoms with E-state index in [9.17, 15) is 5.11 Å². The van der Waals surface area contributed by atoms with Crippen molar-refractivity contribution in [2.45, 2.75) is 31.9 Å². The number of aliphatic hydroxyl groups is 1. The average molecular weight is 331 g/mol. The Morgan fingerprint density at radius 2 is 2.00 bits per heavy atom. The van der Waals surface area contributed by atoms with Crippen LogP contribution in [0.3, 0.4) is 0 Å². The molecule has 0 amide bonds. The van der Waals surface area contributed by atoms with Crippen LogP contribution in [0.2, 0.25) is 0 Å². The molecular formula is C18H25N3OS. The quantitative estimate of drug-likeness (QED) is 0.766. The Kier molecular flexibility index (Phi) is 6.16. The van der Waals surface area contributed by atoms with Crippen molar-refractivity contribution in [3.63, 3.8) is 0 Å². The van der Waals surface area contributed by atoms with Gasteiger partial charge in [-0.2, -0.15) is 0 Å². The Hall–Kier alpha value is -1.27. The fraction of sp³-hybridized carbons (Fsp3) is 0.500. The fourth-order valence-corrected chi connectivity index (χ4v) is 3.67. The average Bonchev–Trinajstić information content (AvgIpc) is 3.06. The molecule has 5 heteroatoms. The summed E-state index contributed by atoms with van der Waals surface area (Å²) in [5.74, 6) is 0. The van der Waals surface area contributed by atoms with Crippen LogP contribution in [-0.4, -0.2) is 47.3 Å². The van der Waals surface area contributed by atoms with Gasteiger partial charge in [0.1, 0.15) is 5.01 Å². The van der Waals surface area contributed by atoms with E-state index in [-0.39, 0.29) is 6.10 Å². The minimum absolute atomic E-state index is 0.0758. The molecule has 1 aromatic carbocycles. The highest BCUT2D eigenvalue weighted by Crippen LogP contribution is 2.21. The van der Waals surface area contributed by atoms with Crippen molar-refractivity contribution in [3.05, 3.63) is 40.7 Å². The zero-order valence-electron chi connectivity index (χ0n) is 13.4. The number of hydrogen-bond acceptors (Lipinski definition) is 5. The number of piperidine rings is 1. The number of aromatic nitrogens is 1. The lowest BCUT2D eigenvalue weighted by atomic mass is 10.1. The number of benzene rings is 1. The van der Waals surface area contributed by atoms with Crippen molar-refractivity contribution in [1.29, 1.82) is 0 Å². The normalized spacial score (nSPS) is 16.7. The lowest BCUT2D eigenvalue weighted by Crippen LogP contribution is -2.37. The topological polar surface area (TPSA) is 48.4 Å². The molecule has 0 atom stereocenters. The summed E-state index contributed by atoms with van der Waals surface area (Å²) < 4.78 is 0. The van der Waals surface area contributed by atoms with Crippen LogP contribution < -0.4 is 5.32 Å². The summed E-state index contributed by atoms with van der Waals surface area (Å²) in [5, 5.41) is 16.3. The van der Waals surface area contributed by atoms with Crippen molar-refractivity contribution in [1.82, 2.24) is 15.2 Å². The second kappa shape index (κ2) is 8.55. The van der Waals surface area contributed by atoms with Gasteiger partial charge in [-0.3, -0.25) is 0 Å². The van der Waals surface area contributed by atoms with Crippen LogP contribution in [0.4, 0.5) is 0 Å². The van der Waals surface area contributed by atoms with Gasteiger partial charge in [-0.25, -0.2) is 4.98 Å². The predicted octanol–water partition coefficient (Wildman–Crippen LogP) is 2.75. The van der Waals surface area contributed by atoms with Gasteiger partial charge in [-0.05, 0) is 32.4 Å². The summed E-state index contributed by atoms with van der Waals surface area (Å²) in [4.78, 5) is 7.14. The lowest BCUT2D eigenvalue weighted by Gasteiger charge is -2.29. The summed E-state index contributed by atoms with van der Waals surface area (Å²) in [6.45, 7) is 5.05. The Morgan fingerprint density at radius 1 is 1.22 bits per heavy atom. The Labute approximate surface area is 142 Å². The third kappa shape index (κ3) is 5.11. The smallest absolute Gasteiger partial charge is 0.107 e. The monoisotopic (exact) mass is 331 g/mol. The third-order valence-corrected chi connectivity index (χ3v) is 5.13. The molecule has 1 fully saturated rings. The van der Waals surface area contributed by atoms with Crippen LogP contribution >= 0.6 is 11.3 Å². The van der Waals surface area contributed by atoms with Crippen molar-refractivity contribution in [2.75, 3.05) is 26.2 Å². The molecule has 23 heavy (non-hydrogen) atoms. The summed E-state index contributed by atoms with van der Waals surface area (Å²) >= 11 is 1.72. The number of likely N-dealkylation sites (tertiary alicyclic amines) is 1. The van der Waals surface area contributed by atoms with Crippen LogP contribution in [0.1, 0.15) is 24.3 Å². The maximum atomic E-state index is 9.50. The number of nitrogens with one attached hydrogen (secondary N) is 1. The highest BCUT2D eigenvalue weighted by atomic mass is 32.1. The minimum Gasteiger partial charge on any atom is -0.393 e. The maximum Gasteiger partial charge on any atom is 0.107 e. The molecule has 3 rings (SSSR count). The number of thiazole rings is 1. The van der Waals surface area contributed by atoms with E-state index in [1.807, 2.05) is 18.2 Å². The Morgan fingerprint density at radius 3 is 2.78 bits per heavy atom. The molecule has 2 N–H and O–H groups in total. The summed E-state index contributed by atoms with van der Waals surface area (Å²) in [7, 11) is 0. The van der Waals surface area contributed by atoms with E-state index < -0.39 is 0 Å². The van der Waals surface area contributed by atoms with E-state index in [0.717, 1.165) is 62.7 Å². The zero-order chi connectivity index (χ0) is 15.9. The maximum absolute atomic E-state index is 9.50. The first-order chi connectivity index (χ1) is 11.3. The summed E-state index contributed by atoms with van der Waals surface area (Å²) in [6.07, 6.45) is 2.92. The molecule has 0 spiro atoms. The SMILES string of the molecule is OC1CCN(CCCNCc2nc(-c3ccccc3)cs2)CC1. The first kappa shape index (κ1) is 16.6. The van der Waals surface area contributed by atoms with Gasteiger partial charge in [0, 0.05) is 30.6 Å². The van der Waals surface area contributed by atoms with Gasteiger partial charge < -0.3 is 15.3 Å². The minimum atomic E-state index is -0.0758. The van der Waals surface area contributed by atoms with Gasteiger partial charge >= 0.3 is 0 Å². The van der Waals surface area contributed by atoms with Gasteiger partial charge in [0.05, 0.1) is 11.8 Å². The second-order valence-electron chi connectivity index (χ2n) is 6.10. The fourth-order valence-electron chi connectivity index (χ4n) is 2.90. The molecule has 1 aliphatic heterocycles. The summed E-state index contributed by atoms with van der Waals surface area (Å²) in [6, 6.07) is 10.3.